The van der Waals surface area contributed by atoms with Crippen LogP contribution in [-0.4, -0.2) is 31.8 Å². The maximum Gasteiger partial charge on any atom is 0.0324 e. The van der Waals surface area contributed by atoms with Gasteiger partial charge in [-0.3, -0.25) is 0 Å². The van der Waals surface area contributed by atoms with Gasteiger partial charge in [-0.15, -0.1) is 0 Å². The second kappa shape index (κ2) is 23.4. The quantitative estimate of drug-likeness (QED) is 0.594. The summed E-state index contributed by atoms with van der Waals surface area (Å²) in [4.78, 5) is 1.94. The van der Waals surface area contributed by atoms with Gasteiger partial charge >= 0.3 is 0 Å². The number of rotatable bonds is 2. The number of nitrogens with zero attached hydrogens (tertiary/aromatic N) is 1. The monoisotopic (exact) mass is 146 g/mol. The summed E-state index contributed by atoms with van der Waals surface area (Å²) in [7, 11) is 3.87. The van der Waals surface area contributed by atoms with E-state index in [0.29, 0.717) is 0 Å². The van der Waals surface area contributed by atoms with Gasteiger partial charge in [-0.25, -0.2) is 0 Å². The third-order valence-electron chi connectivity index (χ3n) is 0.456. The van der Waals surface area contributed by atoms with Gasteiger partial charge in [-0.05, 0) is 14.1 Å². The van der Waals surface area contributed by atoms with Crippen molar-refractivity contribution < 1.29 is 0 Å². The van der Waals surface area contributed by atoms with Crippen LogP contribution in [0.3, 0.4) is 0 Å². The van der Waals surface area contributed by atoms with Gasteiger partial charge in [0, 0.05) is 12.8 Å². The van der Waals surface area contributed by atoms with Gasteiger partial charge in [0.25, 0.3) is 0 Å². The van der Waals surface area contributed by atoms with E-state index in [1.54, 1.807) is 0 Å². The molecule has 0 aromatic heterocycles. The molecule has 0 radical (unpaired) electrons. The van der Waals surface area contributed by atoms with Gasteiger partial charge < -0.3 is 10.3 Å². The zero-order valence-corrected chi connectivity index (χ0v) is 8.23. The van der Waals surface area contributed by atoms with Gasteiger partial charge in [0.1, 0.15) is 0 Å². The Morgan fingerprint density at radius 2 is 1.40 bits per heavy atom. The molecule has 0 aliphatic rings. The Balaban J connectivity index is -0.000000105. The maximum absolute atomic E-state index is 6.57. The maximum atomic E-state index is 6.57. The smallest absolute Gasteiger partial charge is 0.0324 e. The zero-order valence-electron chi connectivity index (χ0n) is 8.23. The molecule has 2 nitrogen and oxygen atoms in total. The Labute approximate surface area is 65.8 Å². The van der Waals surface area contributed by atoms with Crippen molar-refractivity contribution in [1.82, 2.24) is 4.90 Å². The second-order valence-electron chi connectivity index (χ2n) is 1.47. The highest BCUT2D eigenvalue weighted by Crippen LogP contribution is 1.62. The third kappa shape index (κ3) is 48.5. The van der Waals surface area contributed by atoms with E-state index in [4.69, 9.17) is 5.41 Å². The zero-order chi connectivity index (χ0) is 8.99. The first-order valence-corrected chi connectivity index (χ1v) is 3.91. The lowest BCUT2D eigenvalue weighted by atomic mass is 10.7. The van der Waals surface area contributed by atoms with E-state index in [2.05, 4.69) is 0 Å². The Kier molecular flexibility index (Phi) is 38.2. The van der Waals surface area contributed by atoms with E-state index < -0.39 is 0 Å². The van der Waals surface area contributed by atoms with Crippen molar-refractivity contribution in [2.45, 2.75) is 27.7 Å². The first-order valence-electron chi connectivity index (χ1n) is 3.91. The lowest BCUT2D eigenvalue weighted by Gasteiger charge is -2.00. The van der Waals surface area contributed by atoms with Crippen molar-refractivity contribution in [3.05, 3.63) is 0 Å². The average molecular weight is 146 g/mol. The first-order chi connectivity index (χ1) is 4.77. The number of hydrogen-bond acceptors (Lipinski definition) is 2. The Bertz CT molecular complexity index is 42.5. The number of nitrogens with one attached hydrogen (secondary N) is 1. The molecular weight excluding hydrogens is 124 g/mol. The minimum Gasteiger partial charge on any atom is -0.312 e. The molecule has 64 valence electrons. The fourth-order valence-electron chi connectivity index (χ4n) is 0.183. The standard InChI is InChI=1S/C4H10N2.2C2H6/c1-6(2)4-3-5;2*1-2/h3,5H,4H2,1-2H3;2*1-2H3. The highest BCUT2D eigenvalue weighted by Gasteiger charge is 1.76. The summed E-state index contributed by atoms with van der Waals surface area (Å²) in [6.07, 6.45) is 1.38. The molecule has 10 heavy (non-hydrogen) atoms. The topological polar surface area (TPSA) is 27.1 Å². The van der Waals surface area contributed by atoms with E-state index in [9.17, 15) is 0 Å². The second-order valence-corrected chi connectivity index (χ2v) is 1.47. The van der Waals surface area contributed by atoms with E-state index in [1.165, 1.54) is 6.21 Å². The molecule has 0 spiro atoms. The summed E-state index contributed by atoms with van der Waals surface area (Å²) in [6, 6.07) is 0. The lowest BCUT2D eigenvalue weighted by Crippen LogP contribution is -2.12. The van der Waals surface area contributed by atoms with Gasteiger partial charge in [-0.2, -0.15) is 0 Å². The van der Waals surface area contributed by atoms with Gasteiger partial charge in [0.15, 0.2) is 0 Å². The molecular formula is C8H22N2. The minimum atomic E-state index is 0.750. The molecule has 0 bridgehead atoms. The summed E-state index contributed by atoms with van der Waals surface area (Å²) in [5.41, 5.74) is 0. The average Bonchev–Trinajstić information content (AvgIpc) is 1.96. The summed E-state index contributed by atoms with van der Waals surface area (Å²) < 4.78 is 0. The highest BCUT2D eigenvalue weighted by molar-refractivity contribution is 5.55. The largest absolute Gasteiger partial charge is 0.312 e. The molecule has 0 aromatic carbocycles. The van der Waals surface area contributed by atoms with Gasteiger partial charge in [-0.1, -0.05) is 27.7 Å². The summed E-state index contributed by atoms with van der Waals surface area (Å²) in [6.45, 7) is 8.75. The van der Waals surface area contributed by atoms with Crippen molar-refractivity contribution in [3.8, 4) is 0 Å². The summed E-state index contributed by atoms with van der Waals surface area (Å²) in [5, 5.41) is 6.57. The SMILES string of the molecule is CC.CC.CN(C)CC=N. The van der Waals surface area contributed by atoms with E-state index in [-0.39, 0.29) is 0 Å². The molecule has 0 unspecified atom stereocenters. The Hall–Kier alpha value is -0.370. The molecule has 0 aliphatic carbocycles. The van der Waals surface area contributed by atoms with Crippen LogP contribution < -0.4 is 0 Å². The predicted octanol–water partition coefficient (Wildman–Crippen LogP) is 2.25. The van der Waals surface area contributed by atoms with Crippen LogP contribution >= 0.6 is 0 Å². The van der Waals surface area contributed by atoms with Crippen LogP contribution in [0.25, 0.3) is 0 Å². The fourth-order valence-corrected chi connectivity index (χ4v) is 0.183. The predicted molar refractivity (Wildman–Crippen MR) is 50.0 cm³/mol. The lowest BCUT2D eigenvalue weighted by molar-refractivity contribution is 0.473. The molecule has 0 heterocycles. The third-order valence-corrected chi connectivity index (χ3v) is 0.456. The Morgan fingerprint density at radius 3 is 1.40 bits per heavy atom. The Morgan fingerprint density at radius 1 is 1.10 bits per heavy atom. The van der Waals surface area contributed by atoms with Crippen molar-refractivity contribution >= 4 is 6.21 Å². The minimum absolute atomic E-state index is 0.750. The molecule has 0 aromatic rings. The molecule has 0 aliphatic heterocycles. The van der Waals surface area contributed by atoms with Crippen molar-refractivity contribution in [2.75, 3.05) is 20.6 Å². The first kappa shape index (κ1) is 16.3. The van der Waals surface area contributed by atoms with E-state index >= 15 is 0 Å². The molecule has 1 N–H and O–H groups in total. The van der Waals surface area contributed by atoms with Crippen LogP contribution in [0.2, 0.25) is 0 Å². The molecule has 2 heteroatoms. The van der Waals surface area contributed by atoms with Crippen LogP contribution in [0, 0.1) is 5.41 Å². The molecule has 0 fully saturated rings. The molecule has 0 saturated heterocycles. The summed E-state index contributed by atoms with van der Waals surface area (Å²) >= 11 is 0. The van der Waals surface area contributed by atoms with Crippen LogP contribution in [0.4, 0.5) is 0 Å². The van der Waals surface area contributed by atoms with Gasteiger partial charge in [0.05, 0.1) is 0 Å². The van der Waals surface area contributed by atoms with Crippen molar-refractivity contribution in [3.63, 3.8) is 0 Å². The van der Waals surface area contributed by atoms with Crippen LogP contribution in [0.1, 0.15) is 27.7 Å². The normalized spacial score (nSPS) is 6.70. The number of hydrogen-bond donors (Lipinski definition) is 1. The van der Waals surface area contributed by atoms with E-state index in [1.807, 2.05) is 46.7 Å². The van der Waals surface area contributed by atoms with Crippen LogP contribution in [0.5, 0.6) is 0 Å². The summed E-state index contributed by atoms with van der Waals surface area (Å²) in [5.74, 6) is 0. The molecule has 0 atom stereocenters. The van der Waals surface area contributed by atoms with E-state index in [0.717, 1.165) is 6.54 Å². The molecule has 0 rings (SSSR count). The van der Waals surface area contributed by atoms with Crippen LogP contribution in [-0.2, 0) is 0 Å². The fraction of sp³-hybridized carbons (Fsp3) is 0.875. The highest BCUT2D eigenvalue weighted by atomic mass is 15.0. The molecule has 0 amide bonds. The molecule has 0 saturated carbocycles. The van der Waals surface area contributed by atoms with Crippen molar-refractivity contribution in [2.24, 2.45) is 0 Å². The van der Waals surface area contributed by atoms with Gasteiger partial charge in [0.2, 0.25) is 0 Å². The van der Waals surface area contributed by atoms with Crippen molar-refractivity contribution in [1.29, 1.82) is 5.41 Å². The van der Waals surface area contributed by atoms with Crippen LogP contribution in [0.15, 0.2) is 0 Å².